The summed E-state index contributed by atoms with van der Waals surface area (Å²) in [6.45, 7) is 13.6. The Kier molecular flexibility index (Phi) is 6.38. The van der Waals surface area contributed by atoms with Crippen molar-refractivity contribution in [3.8, 4) is 0 Å². The van der Waals surface area contributed by atoms with Crippen LogP contribution in [0, 0.1) is 26.7 Å². The molecular weight excluding hydrogens is 324 g/mol. The van der Waals surface area contributed by atoms with Crippen molar-refractivity contribution < 1.29 is 4.79 Å². The number of piperidine rings is 1. The third-order valence-electron chi connectivity index (χ3n) is 6.50. The van der Waals surface area contributed by atoms with Gasteiger partial charge in [-0.25, -0.2) is 0 Å². The van der Waals surface area contributed by atoms with Crippen molar-refractivity contribution in [2.24, 2.45) is 5.92 Å². The summed E-state index contributed by atoms with van der Waals surface area (Å²) in [6.07, 6.45) is 7.40. The molecule has 5 nitrogen and oxygen atoms in total. The Balaban J connectivity index is 1.60. The normalized spacial score (nSPS) is 22.8. The highest BCUT2D eigenvalue weighted by atomic mass is 16.2. The zero-order valence-electron chi connectivity index (χ0n) is 17.1. The Morgan fingerprint density at radius 3 is 2.46 bits per heavy atom. The molecule has 0 aromatic carbocycles. The first kappa shape index (κ1) is 19.4. The first-order chi connectivity index (χ1) is 12.5. The van der Waals surface area contributed by atoms with Crippen molar-refractivity contribution in [3.63, 3.8) is 0 Å². The van der Waals surface area contributed by atoms with E-state index in [2.05, 4.69) is 35.7 Å². The maximum atomic E-state index is 13.2. The van der Waals surface area contributed by atoms with E-state index < -0.39 is 0 Å². The molecule has 3 rings (SSSR count). The lowest BCUT2D eigenvalue weighted by atomic mass is 9.97. The third kappa shape index (κ3) is 4.30. The van der Waals surface area contributed by atoms with E-state index in [1.54, 1.807) is 0 Å². The number of hydrogen-bond donors (Lipinski definition) is 0. The average Bonchev–Trinajstić information content (AvgIpc) is 3.24. The van der Waals surface area contributed by atoms with Gasteiger partial charge in [0, 0.05) is 24.8 Å². The minimum absolute atomic E-state index is 0.0141. The highest BCUT2D eigenvalue weighted by Crippen LogP contribution is 2.24. The monoisotopic (exact) mass is 360 g/mol. The molecule has 2 atom stereocenters. The van der Waals surface area contributed by atoms with Crippen LogP contribution in [0.15, 0.2) is 0 Å². The molecule has 2 saturated heterocycles. The summed E-state index contributed by atoms with van der Waals surface area (Å²) in [6, 6.07) is 0.432. The van der Waals surface area contributed by atoms with E-state index >= 15 is 0 Å². The fraction of sp³-hybridized carbons (Fsp3) is 0.810. The van der Waals surface area contributed by atoms with Crippen LogP contribution in [-0.4, -0.2) is 57.7 Å². The predicted octanol–water partition coefficient (Wildman–Crippen LogP) is 3.31. The van der Waals surface area contributed by atoms with Gasteiger partial charge in [-0.1, -0.05) is 6.92 Å². The molecule has 1 amide bonds. The van der Waals surface area contributed by atoms with Crippen LogP contribution in [-0.2, 0) is 11.3 Å². The van der Waals surface area contributed by atoms with Gasteiger partial charge >= 0.3 is 0 Å². The third-order valence-corrected chi connectivity index (χ3v) is 6.50. The molecular formula is C21H36N4O. The summed E-state index contributed by atoms with van der Waals surface area (Å²) < 4.78 is 2.02. The van der Waals surface area contributed by atoms with Gasteiger partial charge in [0.05, 0.1) is 18.2 Å². The molecule has 0 radical (unpaired) electrons. The molecule has 1 aromatic rings. The van der Waals surface area contributed by atoms with Crippen LogP contribution < -0.4 is 0 Å². The highest BCUT2D eigenvalue weighted by molar-refractivity contribution is 5.78. The summed E-state index contributed by atoms with van der Waals surface area (Å²) in [5.74, 6) is 0.307. The lowest BCUT2D eigenvalue weighted by Gasteiger charge is -2.38. The van der Waals surface area contributed by atoms with Crippen molar-refractivity contribution in [1.29, 1.82) is 0 Å². The smallest absolute Gasteiger partial charge is 0.227 e. The molecule has 5 heteroatoms. The Morgan fingerprint density at radius 2 is 1.81 bits per heavy atom. The molecule has 0 N–H and O–H groups in total. The number of carbonyl (C=O) groups is 1. The number of carbonyl (C=O) groups excluding carboxylic acids is 1. The Bertz CT molecular complexity index is 618. The van der Waals surface area contributed by atoms with Crippen LogP contribution in [0.3, 0.4) is 0 Å². The van der Waals surface area contributed by atoms with E-state index in [4.69, 9.17) is 0 Å². The number of likely N-dealkylation sites (tertiary alicyclic amines) is 2. The van der Waals surface area contributed by atoms with Crippen LogP contribution in [0.25, 0.3) is 0 Å². The number of nitrogens with zero attached hydrogens (tertiary/aromatic N) is 4. The van der Waals surface area contributed by atoms with Crippen molar-refractivity contribution in [3.05, 3.63) is 17.0 Å². The van der Waals surface area contributed by atoms with Crippen LogP contribution in [0.1, 0.15) is 62.4 Å². The molecule has 2 aliphatic rings. The number of aromatic nitrogens is 2. The molecule has 0 unspecified atom stereocenters. The summed E-state index contributed by atoms with van der Waals surface area (Å²) in [4.78, 5) is 17.9. The second-order valence-corrected chi connectivity index (χ2v) is 8.40. The van der Waals surface area contributed by atoms with Gasteiger partial charge in [0.1, 0.15) is 0 Å². The largest absolute Gasteiger partial charge is 0.339 e. The molecule has 0 spiro atoms. The van der Waals surface area contributed by atoms with Crippen molar-refractivity contribution in [2.75, 3.05) is 26.2 Å². The van der Waals surface area contributed by atoms with Crippen LogP contribution >= 0.6 is 0 Å². The molecule has 2 aliphatic heterocycles. The molecule has 3 heterocycles. The lowest BCUT2D eigenvalue weighted by Crippen LogP contribution is -2.47. The molecule has 26 heavy (non-hydrogen) atoms. The summed E-state index contributed by atoms with van der Waals surface area (Å²) in [5, 5.41) is 4.62. The van der Waals surface area contributed by atoms with E-state index in [-0.39, 0.29) is 5.92 Å². The van der Waals surface area contributed by atoms with Crippen LogP contribution in [0.2, 0.25) is 0 Å². The lowest BCUT2D eigenvalue weighted by molar-refractivity contribution is -0.139. The Labute approximate surface area is 158 Å². The van der Waals surface area contributed by atoms with E-state index in [9.17, 15) is 4.79 Å². The molecule has 0 bridgehead atoms. The minimum Gasteiger partial charge on any atom is -0.339 e. The second kappa shape index (κ2) is 8.55. The number of hydrogen-bond acceptors (Lipinski definition) is 3. The van der Waals surface area contributed by atoms with Gasteiger partial charge in [0.2, 0.25) is 5.91 Å². The van der Waals surface area contributed by atoms with Gasteiger partial charge in [-0.2, -0.15) is 5.10 Å². The van der Waals surface area contributed by atoms with E-state index in [1.807, 2.05) is 11.6 Å². The maximum Gasteiger partial charge on any atom is 0.227 e. The summed E-state index contributed by atoms with van der Waals surface area (Å²) >= 11 is 0. The second-order valence-electron chi connectivity index (χ2n) is 8.40. The van der Waals surface area contributed by atoms with Crippen molar-refractivity contribution >= 4 is 5.91 Å². The molecule has 1 aromatic heterocycles. The van der Waals surface area contributed by atoms with Gasteiger partial charge in [0.25, 0.3) is 0 Å². The van der Waals surface area contributed by atoms with Crippen molar-refractivity contribution in [1.82, 2.24) is 19.6 Å². The van der Waals surface area contributed by atoms with Gasteiger partial charge in [-0.05, 0) is 77.9 Å². The van der Waals surface area contributed by atoms with Gasteiger partial charge in [-0.15, -0.1) is 0 Å². The Morgan fingerprint density at radius 1 is 1.12 bits per heavy atom. The topological polar surface area (TPSA) is 41.4 Å². The Hall–Kier alpha value is -1.36. The van der Waals surface area contributed by atoms with E-state index in [0.717, 1.165) is 31.6 Å². The van der Waals surface area contributed by atoms with Gasteiger partial charge < -0.3 is 9.80 Å². The molecule has 0 saturated carbocycles. The highest BCUT2D eigenvalue weighted by Gasteiger charge is 2.30. The maximum absolute atomic E-state index is 13.2. The predicted molar refractivity (Wildman–Crippen MR) is 105 cm³/mol. The van der Waals surface area contributed by atoms with E-state index in [1.165, 1.54) is 50.0 Å². The first-order valence-corrected chi connectivity index (χ1v) is 10.5. The fourth-order valence-corrected chi connectivity index (χ4v) is 4.51. The van der Waals surface area contributed by atoms with E-state index in [0.29, 0.717) is 18.5 Å². The van der Waals surface area contributed by atoms with Crippen molar-refractivity contribution in [2.45, 2.75) is 78.8 Å². The zero-order valence-corrected chi connectivity index (χ0v) is 17.1. The van der Waals surface area contributed by atoms with Crippen LogP contribution in [0.4, 0.5) is 0 Å². The minimum atomic E-state index is -0.0141. The average molecular weight is 361 g/mol. The van der Waals surface area contributed by atoms with Crippen LogP contribution in [0.5, 0.6) is 0 Å². The SMILES string of the molecule is Cc1nn(C[C@@H](C)C(=O)N2CCCC[C@H]2CCN2CCCC2)c(C)c1C. The fourth-order valence-electron chi connectivity index (χ4n) is 4.51. The number of rotatable bonds is 6. The molecule has 2 fully saturated rings. The quantitative estimate of drug-likeness (QED) is 0.781. The van der Waals surface area contributed by atoms with Gasteiger partial charge in [0.15, 0.2) is 0 Å². The number of aryl methyl sites for hydroxylation is 1. The summed E-state index contributed by atoms with van der Waals surface area (Å²) in [7, 11) is 0. The molecule has 0 aliphatic carbocycles. The summed E-state index contributed by atoms with van der Waals surface area (Å²) in [5.41, 5.74) is 3.50. The standard InChI is InChI=1S/C21H36N4O/c1-16(15-25-19(4)17(2)18(3)22-25)21(26)24-13-6-5-9-20(24)10-14-23-11-7-8-12-23/h16,20H,5-15H2,1-4H3/t16-,20+/m1/s1. The zero-order chi connectivity index (χ0) is 18.7. The first-order valence-electron chi connectivity index (χ1n) is 10.5. The number of amides is 1. The molecule has 146 valence electrons. The van der Waals surface area contributed by atoms with Gasteiger partial charge in [-0.3, -0.25) is 9.48 Å².